The molecule has 0 spiro atoms. The summed E-state index contributed by atoms with van der Waals surface area (Å²) in [6, 6.07) is 9.63. The molecule has 4 aromatic rings. The molecular formula is C27H24O11. The summed E-state index contributed by atoms with van der Waals surface area (Å²) >= 11 is 0. The minimum atomic E-state index is -0.900. The fourth-order valence-electron chi connectivity index (χ4n) is 4.40. The smallest absolute Gasteiger partial charge is 0.200 e. The van der Waals surface area contributed by atoms with Gasteiger partial charge in [-0.3, -0.25) is 4.79 Å². The van der Waals surface area contributed by atoms with Crippen molar-refractivity contribution < 1.29 is 48.5 Å². The second-order valence-electron chi connectivity index (χ2n) is 8.47. The summed E-state index contributed by atoms with van der Waals surface area (Å²) in [6.07, 6.45) is -1.78. The Morgan fingerprint density at radius 2 is 1.58 bits per heavy atom. The molecule has 0 radical (unpaired) electrons. The molecule has 3 aromatic carbocycles. The van der Waals surface area contributed by atoms with Crippen LogP contribution in [-0.2, 0) is 0 Å². The Labute approximate surface area is 215 Å². The number of aliphatic hydroxyl groups is 1. The molecule has 0 aliphatic carbocycles. The van der Waals surface area contributed by atoms with Crippen LogP contribution in [0.1, 0.15) is 11.7 Å². The first kappa shape index (κ1) is 24.9. The average molecular weight is 524 g/mol. The van der Waals surface area contributed by atoms with Crippen LogP contribution in [-0.4, -0.2) is 54.5 Å². The Morgan fingerprint density at radius 1 is 0.868 bits per heavy atom. The maximum absolute atomic E-state index is 12.9. The first-order valence-corrected chi connectivity index (χ1v) is 11.4. The molecule has 0 saturated heterocycles. The second kappa shape index (κ2) is 9.60. The van der Waals surface area contributed by atoms with E-state index in [1.807, 2.05) is 0 Å². The lowest BCUT2D eigenvalue weighted by Gasteiger charge is -2.34. The summed E-state index contributed by atoms with van der Waals surface area (Å²) in [5.41, 5.74) is 0.152. The SMILES string of the molecule is COc1cc2c(c(-c3cc(=O)c4c(O)cc(O)cc4o3)c1)O[C@H](c1cc(OC)c(O)c(OC)c1)[C@@H](CO)O2. The maximum Gasteiger partial charge on any atom is 0.200 e. The standard InChI is InChI=1S/C27H24O11/c1-33-14-8-15(18-10-17(31)24-16(30)6-13(29)7-19(24)36-18)27-22(9-14)37-23(11-28)26(38-27)12-4-20(34-2)25(32)21(5-12)35-3/h4-10,23,26,28-30,32H,11H2,1-3H3/t23-,26-/m1/s1. The third-order valence-corrected chi connectivity index (χ3v) is 6.20. The van der Waals surface area contributed by atoms with E-state index in [4.69, 9.17) is 28.1 Å². The van der Waals surface area contributed by atoms with Gasteiger partial charge < -0.3 is 48.5 Å². The van der Waals surface area contributed by atoms with Gasteiger partial charge in [-0.25, -0.2) is 0 Å². The number of phenols is 3. The molecule has 0 amide bonds. The Balaban J connectivity index is 1.70. The molecule has 2 heterocycles. The predicted molar refractivity (Wildman–Crippen MR) is 134 cm³/mol. The van der Waals surface area contributed by atoms with Crippen LogP contribution in [0.5, 0.6) is 46.0 Å². The molecule has 2 atom stereocenters. The van der Waals surface area contributed by atoms with Crippen LogP contribution < -0.4 is 29.1 Å². The molecular weight excluding hydrogens is 500 g/mol. The van der Waals surface area contributed by atoms with Gasteiger partial charge in [0.05, 0.1) is 33.5 Å². The van der Waals surface area contributed by atoms with Gasteiger partial charge in [0, 0.05) is 29.8 Å². The number of phenolic OH excluding ortho intramolecular Hbond substituents is 3. The van der Waals surface area contributed by atoms with Crippen molar-refractivity contribution in [1.29, 1.82) is 0 Å². The molecule has 0 unspecified atom stereocenters. The minimum Gasteiger partial charge on any atom is -0.508 e. The van der Waals surface area contributed by atoms with E-state index in [2.05, 4.69) is 0 Å². The largest absolute Gasteiger partial charge is 0.508 e. The van der Waals surface area contributed by atoms with Crippen molar-refractivity contribution in [3.8, 4) is 57.3 Å². The zero-order chi connectivity index (χ0) is 27.1. The highest BCUT2D eigenvalue weighted by atomic mass is 16.6. The first-order chi connectivity index (χ1) is 18.3. The van der Waals surface area contributed by atoms with E-state index in [-0.39, 0.29) is 56.8 Å². The topological polar surface area (TPSA) is 157 Å². The molecule has 11 heteroatoms. The molecule has 0 bridgehead atoms. The molecule has 1 aliphatic rings. The van der Waals surface area contributed by atoms with Gasteiger partial charge in [-0.1, -0.05) is 0 Å². The van der Waals surface area contributed by atoms with Crippen LogP contribution in [0, 0.1) is 0 Å². The zero-order valence-electron chi connectivity index (χ0n) is 20.5. The number of hydrogen-bond donors (Lipinski definition) is 4. The van der Waals surface area contributed by atoms with E-state index in [9.17, 15) is 25.2 Å². The zero-order valence-corrected chi connectivity index (χ0v) is 20.5. The molecule has 1 aliphatic heterocycles. The Hall–Kier alpha value is -4.77. The lowest BCUT2D eigenvalue weighted by Crippen LogP contribution is -2.36. The van der Waals surface area contributed by atoms with Gasteiger partial charge in [-0.05, 0) is 18.2 Å². The summed E-state index contributed by atoms with van der Waals surface area (Å²) in [6.45, 7) is -0.425. The van der Waals surface area contributed by atoms with Crippen LogP contribution in [0.3, 0.4) is 0 Å². The van der Waals surface area contributed by atoms with E-state index in [1.165, 1.54) is 45.6 Å². The number of rotatable bonds is 6. The van der Waals surface area contributed by atoms with E-state index < -0.39 is 30.0 Å². The maximum atomic E-state index is 12.9. The van der Waals surface area contributed by atoms with Gasteiger partial charge in [0.25, 0.3) is 0 Å². The molecule has 11 nitrogen and oxygen atoms in total. The first-order valence-electron chi connectivity index (χ1n) is 11.4. The molecule has 5 rings (SSSR count). The number of ether oxygens (including phenoxy) is 5. The van der Waals surface area contributed by atoms with Crippen molar-refractivity contribution in [2.24, 2.45) is 0 Å². The highest BCUT2D eigenvalue weighted by Gasteiger charge is 2.36. The van der Waals surface area contributed by atoms with Crippen LogP contribution in [0.25, 0.3) is 22.3 Å². The van der Waals surface area contributed by atoms with Crippen molar-refractivity contribution in [1.82, 2.24) is 0 Å². The molecule has 0 fully saturated rings. The minimum absolute atomic E-state index is 0.0453. The third kappa shape index (κ3) is 4.12. The monoisotopic (exact) mass is 524 g/mol. The van der Waals surface area contributed by atoms with Crippen LogP contribution in [0.2, 0.25) is 0 Å². The number of benzene rings is 3. The summed E-state index contributed by atoms with van der Waals surface area (Å²) in [5.74, 6) is 0.136. The molecule has 198 valence electrons. The normalized spacial score (nSPS) is 16.3. The van der Waals surface area contributed by atoms with Crippen LogP contribution in [0.4, 0.5) is 0 Å². The Morgan fingerprint density at radius 3 is 2.21 bits per heavy atom. The van der Waals surface area contributed by atoms with Crippen LogP contribution >= 0.6 is 0 Å². The summed E-state index contributed by atoms with van der Waals surface area (Å²) in [4.78, 5) is 12.9. The van der Waals surface area contributed by atoms with Crippen molar-refractivity contribution >= 4 is 11.0 Å². The van der Waals surface area contributed by atoms with Gasteiger partial charge in [0.1, 0.15) is 34.0 Å². The van der Waals surface area contributed by atoms with Crippen molar-refractivity contribution in [3.05, 3.63) is 58.3 Å². The molecule has 0 saturated carbocycles. The van der Waals surface area contributed by atoms with Gasteiger partial charge in [-0.15, -0.1) is 0 Å². The molecule has 38 heavy (non-hydrogen) atoms. The van der Waals surface area contributed by atoms with Gasteiger partial charge in [0.15, 0.2) is 40.6 Å². The van der Waals surface area contributed by atoms with Crippen molar-refractivity contribution in [2.75, 3.05) is 27.9 Å². The number of hydrogen-bond acceptors (Lipinski definition) is 11. The Bertz CT molecular complexity index is 1570. The average Bonchev–Trinajstić information content (AvgIpc) is 2.91. The second-order valence-corrected chi connectivity index (χ2v) is 8.47. The fraction of sp³-hybridized carbons (Fsp3) is 0.222. The Kier molecular flexibility index (Phi) is 6.29. The fourth-order valence-corrected chi connectivity index (χ4v) is 4.40. The number of fused-ring (bicyclic) bond motifs is 2. The summed E-state index contributed by atoms with van der Waals surface area (Å²) < 4.78 is 34.3. The molecule has 4 N–H and O–H groups in total. The van der Waals surface area contributed by atoms with Crippen molar-refractivity contribution in [3.63, 3.8) is 0 Å². The predicted octanol–water partition coefficient (Wildman–Crippen LogP) is 3.48. The molecule has 1 aromatic heterocycles. The van der Waals surface area contributed by atoms with Crippen LogP contribution in [0.15, 0.2) is 51.7 Å². The summed E-state index contributed by atoms with van der Waals surface area (Å²) in [5, 5.41) is 40.4. The summed E-state index contributed by atoms with van der Waals surface area (Å²) in [7, 11) is 4.22. The van der Waals surface area contributed by atoms with Gasteiger partial charge in [-0.2, -0.15) is 0 Å². The third-order valence-electron chi connectivity index (χ3n) is 6.20. The number of aromatic hydroxyl groups is 3. The lowest BCUT2D eigenvalue weighted by atomic mass is 10.0. The highest BCUT2D eigenvalue weighted by molar-refractivity contribution is 5.86. The number of aliphatic hydroxyl groups excluding tert-OH is 1. The van der Waals surface area contributed by atoms with Gasteiger partial charge >= 0.3 is 0 Å². The van der Waals surface area contributed by atoms with E-state index in [0.717, 1.165) is 6.07 Å². The highest BCUT2D eigenvalue weighted by Crippen LogP contribution is 2.49. The van der Waals surface area contributed by atoms with E-state index in [1.54, 1.807) is 12.1 Å². The lowest BCUT2D eigenvalue weighted by molar-refractivity contribution is -0.0122. The van der Waals surface area contributed by atoms with Crippen molar-refractivity contribution in [2.45, 2.75) is 12.2 Å². The van der Waals surface area contributed by atoms with Gasteiger partial charge in [0.2, 0.25) is 5.75 Å². The van der Waals surface area contributed by atoms with E-state index in [0.29, 0.717) is 11.3 Å². The number of methoxy groups -OCH3 is 3. The quantitative estimate of drug-likeness (QED) is 0.293. The van der Waals surface area contributed by atoms with E-state index >= 15 is 0 Å².